The molecule has 4 amide bonds. The fourth-order valence-electron chi connectivity index (χ4n) is 4.09. The predicted octanol–water partition coefficient (Wildman–Crippen LogP) is 4.85. The summed E-state index contributed by atoms with van der Waals surface area (Å²) in [5.74, 6) is -1.75. The molecular weight excluding hydrogens is 612 g/mol. The summed E-state index contributed by atoms with van der Waals surface area (Å²) in [6.07, 6.45) is 0.692. The fraction of sp³-hybridized carbons (Fsp3) is 0.312. The second-order valence-electron chi connectivity index (χ2n) is 10.4. The van der Waals surface area contributed by atoms with Crippen molar-refractivity contribution in [1.82, 2.24) is 5.32 Å². The summed E-state index contributed by atoms with van der Waals surface area (Å²) in [6, 6.07) is 19.8. The first-order valence-electron chi connectivity index (χ1n) is 13.9. The number of amides is 4. The first kappa shape index (κ1) is 36.9. The molecule has 1 atom stereocenters. The Balaban J connectivity index is 0.00000675. The Labute approximate surface area is 292 Å². The molecule has 0 aromatic heterocycles. The van der Waals surface area contributed by atoms with Gasteiger partial charge < -0.3 is 30.3 Å². The summed E-state index contributed by atoms with van der Waals surface area (Å²) in [4.78, 5) is 53.2. The molecule has 0 fully saturated rings. The summed E-state index contributed by atoms with van der Waals surface area (Å²) in [6.45, 7) is 5.43. The van der Waals surface area contributed by atoms with E-state index in [-0.39, 0.29) is 62.7 Å². The number of likely N-dealkylation sites (N-methyl/N-ethyl adjacent to an activating group) is 1. The van der Waals surface area contributed by atoms with Crippen LogP contribution in [0, 0.1) is 5.92 Å². The first-order valence-corrected chi connectivity index (χ1v) is 14.3. The summed E-state index contributed by atoms with van der Waals surface area (Å²) < 4.78 is 5.90. The van der Waals surface area contributed by atoms with Gasteiger partial charge in [0.1, 0.15) is 5.75 Å². The minimum absolute atomic E-state index is 0. The standard InChI is InChI=1S/C32H37ClN4O6.Ca.2H/c1-21(2)15-16-37(29(38)19-34-32(42)35-25-11-7-9-23(17-25)22(3)31(40)41)27-13-5-6-14-28(27)43-20-30(39)36(4)26-12-8-10-24(33)18-26;;;/h5-14,17-18,21-22H,15-16,19-20H2,1-4H3,(H,40,41)(H2,34,35,42);;;. The number of nitrogens with zero attached hydrogens (tertiary/aromatic N) is 2. The number of carboxylic acid groups (broad SMARTS) is 1. The number of aliphatic carboxylic acids is 1. The molecular formula is C32H39CaClN4O6. The number of carbonyl (C=O) groups excluding carboxylic acids is 3. The van der Waals surface area contributed by atoms with E-state index in [2.05, 4.69) is 10.6 Å². The topological polar surface area (TPSA) is 128 Å². The number of carboxylic acids is 1. The molecule has 3 rings (SSSR count). The number of hydrogen-bond acceptors (Lipinski definition) is 5. The van der Waals surface area contributed by atoms with Gasteiger partial charge in [0.15, 0.2) is 6.61 Å². The number of carbonyl (C=O) groups is 4. The van der Waals surface area contributed by atoms with Crippen LogP contribution >= 0.6 is 11.6 Å². The summed E-state index contributed by atoms with van der Waals surface area (Å²) in [5.41, 5.74) is 2.04. The van der Waals surface area contributed by atoms with E-state index in [0.717, 1.165) is 0 Å². The number of rotatable bonds is 13. The molecule has 0 bridgehead atoms. The SMILES string of the molecule is CC(C)CCN(C(=O)CNC(=O)Nc1cccc(C(C)C(=O)O)c1)c1ccccc1OCC(=O)N(C)c1cccc(Cl)c1.[CaH2]. The van der Waals surface area contributed by atoms with Crippen molar-refractivity contribution in [1.29, 1.82) is 0 Å². The maximum absolute atomic E-state index is 13.4. The number of hydrogen-bond donors (Lipinski definition) is 3. The summed E-state index contributed by atoms with van der Waals surface area (Å²) in [7, 11) is 1.63. The molecule has 232 valence electrons. The molecule has 0 radical (unpaired) electrons. The molecule has 0 aliphatic rings. The molecule has 0 spiro atoms. The van der Waals surface area contributed by atoms with Gasteiger partial charge in [0.2, 0.25) is 5.91 Å². The Morgan fingerprint density at radius 3 is 2.32 bits per heavy atom. The molecule has 3 N–H and O–H groups in total. The van der Waals surface area contributed by atoms with E-state index in [1.807, 2.05) is 13.8 Å². The van der Waals surface area contributed by atoms with Gasteiger partial charge >= 0.3 is 49.7 Å². The average molecular weight is 651 g/mol. The van der Waals surface area contributed by atoms with Gasteiger partial charge in [-0.3, -0.25) is 14.4 Å². The van der Waals surface area contributed by atoms with Crippen molar-refractivity contribution >= 4 is 90.2 Å². The van der Waals surface area contributed by atoms with Gasteiger partial charge in [-0.2, -0.15) is 0 Å². The van der Waals surface area contributed by atoms with Crippen LogP contribution in [0.2, 0.25) is 5.02 Å². The van der Waals surface area contributed by atoms with Gasteiger partial charge in [0, 0.05) is 30.0 Å². The third-order valence-electron chi connectivity index (χ3n) is 6.72. The maximum atomic E-state index is 13.4. The zero-order chi connectivity index (χ0) is 31.5. The second kappa shape index (κ2) is 17.9. The zero-order valence-electron chi connectivity index (χ0n) is 24.7. The van der Waals surface area contributed by atoms with Crippen LogP contribution in [0.1, 0.15) is 38.7 Å². The van der Waals surface area contributed by atoms with E-state index in [0.29, 0.717) is 52.3 Å². The third kappa shape index (κ3) is 11.0. The summed E-state index contributed by atoms with van der Waals surface area (Å²) in [5, 5.41) is 15.0. The number of anilines is 3. The molecule has 3 aromatic carbocycles. The van der Waals surface area contributed by atoms with Gasteiger partial charge in [-0.05, 0) is 67.3 Å². The van der Waals surface area contributed by atoms with E-state index in [4.69, 9.17) is 16.3 Å². The van der Waals surface area contributed by atoms with Crippen LogP contribution < -0.4 is 25.2 Å². The third-order valence-corrected chi connectivity index (χ3v) is 6.96. The number of halogens is 1. The van der Waals surface area contributed by atoms with Crippen LogP contribution in [-0.2, 0) is 14.4 Å². The van der Waals surface area contributed by atoms with E-state index >= 15 is 0 Å². The number of nitrogens with one attached hydrogen (secondary N) is 2. The van der Waals surface area contributed by atoms with Crippen molar-refractivity contribution < 1.29 is 29.0 Å². The van der Waals surface area contributed by atoms with E-state index in [1.54, 1.807) is 86.8 Å². The second-order valence-corrected chi connectivity index (χ2v) is 10.8. The van der Waals surface area contributed by atoms with Gasteiger partial charge in [-0.1, -0.05) is 55.8 Å². The Morgan fingerprint density at radius 1 is 0.932 bits per heavy atom. The molecule has 1 unspecified atom stereocenters. The van der Waals surface area contributed by atoms with Crippen molar-refractivity contribution in [3.05, 3.63) is 83.4 Å². The van der Waals surface area contributed by atoms with Crippen LogP contribution in [-0.4, -0.2) is 93.4 Å². The Bertz CT molecular complexity index is 1450. The number of ether oxygens (including phenoxy) is 1. The average Bonchev–Trinajstić information content (AvgIpc) is 2.98. The van der Waals surface area contributed by atoms with Crippen molar-refractivity contribution in [3.63, 3.8) is 0 Å². The van der Waals surface area contributed by atoms with Crippen molar-refractivity contribution in [3.8, 4) is 5.75 Å². The van der Waals surface area contributed by atoms with Crippen LogP contribution in [0.25, 0.3) is 0 Å². The quantitative estimate of drug-likeness (QED) is 0.227. The van der Waals surface area contributed by atoms with Crippen LogP contribution in [0.4, 0.5) is 21.9 Å². The van der Waals surface area contributed by atoms with Crippen LogP contribution in [0.15, 0.2) is 72.8 Å². The van der Waals surface area contributed by atoms with E-state index in [9.17, 15) is 24.3 Å². The van der Waals surface area contributed by atoms with Gasteiger partial charge in [-0.15, -0.1) is 0 Å². The molecule has 12 heteroatoms. The van der Waals surface area contributed by atoms with Gasteiger partial charge in [0.25, 0.3) is 5.91 Å². The number of benzene rings is 3. The summed E-state index contributed by atoms with van der Waals surface area (Å²) >= 11 is 6.06. The van der Waals surface area contributed by atoms with Crippen molar-refractivity contribution in [2.24, 2.45) is 5.92 Å². The van der Waals surface area contributed by atoms with Crippen molar-refractivity contribution in [2.75, 3.05) is 41.9 Å². The number of para-hydroxylation sites is 2. The molecule has 0 heterocycles. The molecule has 0 aliphatic heterocycles. The zero-order valence-corrected chi connectivity index (χ0v) is 25.4. The molecule has 10 nitrogen and oxygen atoms in total. The van der Waals surface area contributed by atoms with E-state index < -0.39 is 17.9 Å². The monoisotopic (exact) mass is 650 g/mol. The van der Waals surface area contributed by atoms with Crippen molar-refractivity contribution in [2.45, 2.75) is 33.1 Å². The molecule has 3 aromatic rings. The van der Waals surface area contributed by atoms with Crippen LogP contribution in [0.3, 0.4) is 0 Å². The Morgan fingerprint density at radius 2 is 1.64 bits per heavy atom. The van der Waals surface area contributed by atoms with Crippen LogP contribution in [0.5, 0.6) is 5.75 Å². The fourth-order valence-corrected chi connectivity index (χ4v) is 4.27. The Hall–Kier alpha value is -3.31. The van der Waals surface area contributed by atoms with Gasteiger partial charge in [0.05, 0.1) is 18.2 Å². The molecule has 44 heavy (non-hydrogen) atoms. The molecule has 0 saturated heterocycles. The Kier molecular flexibility index (Phi) is 15.0. The van der Waals surface area contributed by atoms with E-state index in [1.165, 1.54) is 9.80 Å². The van der Waals surface area contributed by atoms with Gasteiger partial charge in [-0.25, -0.2) is 4.79 Å². The number of urea groups is 1. The first-order chi connectivity index (χ1) is 20.5. The minimum atomic E-state index is -0.976. The molecule has 0 aliphatic carbocycles. The normalized spacial score (nSPS) is 11.1. The molecule has 0 saturated carbocycles. The predicted molar refractivity (Wildman–Crippen MR) is 177 cm³/mol.